The Balaban J connectivity index is 1.66. The molecule has 2 saturated heterocycles. The van der Waals surface area contributed by atoms with Gasteiger partial charge in [-0.05, 0) is 62.4 Å². The first-order valence-corrected chi connectivity index (χ1v) is 8.59. The van der Waals surface area contributed by atoms with Crippen molar-refractivity contribution in [1.82, 2.24) is 0 Å². The minimum Gasteiger partial charge on any atom is -0.375 e. The molecule has 0 saturated carbocycles. The molecule has 2 heterocycles. The van der Waals surface area contributed by atoms with Gasteiger partial charge in [0.2, 0.25) is 0 Å². The molecule has 2 atom stereocenters. The normalized spacial score (nSPS) is 36.4. The molecule has 3 rings (SSSR count). The smallest absolute Gasteiger partial charge is 0.0704 e. The van der Waals surface area contributed by atoms with E-state index in [2.05, 4.69) is 17.8 Å². The fourth-order valence-electron chi connectivity index (χ4n) is 3.68. The Morgan fingerprint density at radius 1 is 1.28 bits per heavy atom. The van der Waals surface area contributed by atoms with E-state index in [0.717, 1.165) is 18.9 Å². The molecule has 1 aliphatic carbocycles. The molecule has 0 amide bonds. The van der Waals surface area contributed by atoms with Crippen molar-refractivity contribution in [2.24, 2.45) is 11.7 Å². The molecule has 0 bridgehead atoms. The average molecular weight is 267 g/mol. The molecule has 0 aromatic heterocycles. The van der Waals surface area contributed by atoms with Crippen LogP contribution >= 0.6 is 11.8 Å². The molecule has 0 radical (unpaired) electrons. The standard InChI is InChI=1S/C15H25NOS/c16-14-3-1-12(2-4-14)13-5-8-17-15(11-13)6-9-18-10-7-15/h1,13-14H,2-11,16H2. The van der Waals surface area contributed by atoms with Gasteiger partial charge in [-0.25, -0.2) is 0 Å². The van der Waals surface area contributed by atoms with E-state index in [9.17, 15) is 0 Å². The van der Waals surface area contributed by atoms with Gasteiger partial charge in [0, 0.05) is 12.6 Å². The Labute approximate surface area is 115 Å². The summed E-state index contributed by atoms with van der Waals surface area (Å²) in [5, 5.41) is 0. The summed E-state index contributed by atoms with van der Waals surface area (Å²) in [6.45, 7) is 0.971. The molecule has 2 aliphatic heterocycles. The van der Waals surface area contributed by atoms with Crippen LogP contribution in [0.3, 0.4) is 0 Å². The van der Waals surface area contributed by atoms with E-state index in [0.29, 0.717) is 6.04 Å². The lowest BCUT2D eigenvalue weighted by Crippen LogP contribution is -2.43. The summed E-state index contributed by atoms with van der Waals surface area (Å²) in [5.74, 6) is 3.36. The number of hydrogen-bond donors (Lipinski definition) is 1. The molecule has 0 aromatic carbocycles. The minimum atomic E-state index is 0.231. The summed E-state index contributed by atoms with van der Waals surface area (Å²) >= 11 is 2.09. The number of rotatable bonds is 1. The molecule has 2 unspecified atom stereocenters. The Morgan fingerprint density at radius 3 is 2.83 bits per heavy atom. The van der Waals surface area contributed by atoms with Crippen molar-refractivity contribution >= 4 is 11.8 Å². The van der Waals surface area contributed by atoms with Crippen LogP contribution in [0.5, 0.6) is 0 Å². The largest absolute Gasteiger partial charge is 0.375 e. The number of nitrogens with two attached hydrogens (primary N) is 1. The Kier molecular flexibility index (Phi) is 4.02. The molecule has 2 N–H and O–H groups in total. The van der Waals surface area contributed by atoms with Crippen LogP contribution in [0.2, 0.25) is 0 Å². The second-order valence-corrected chi connectivity index (χ2v) is 7.37. The van der Waals surface area contributed by atoms with Crippen molar-refractivity contribution in [3.63, 3.8) is 0 Å². The third kappa shape index (κ3) is 2.78. The van der Waals surface area contributed by atoms with E-state index in [1.54, 1.807) is 5.57 Å². The molecule has 3 aliphatic rings. The summed E-state index contributed by atoms with van der Waals surface area (Å²) in [4.78, 5) is 0. The highest BCUT2D eigenvalue weighted by atomic mass is 32.2. The SMILES string of the molecule is NC1CC=C(C2CCOC3(CCSCC3)C2)CC1. The highest BCUT2D eigenvalue weighted by molar-refractivity contribution is 7.99. The number of allylic oxidation sites excluding steroid dienone is 1. The zero-order valence-electron chi connectivity index (χ0n) is 11.2. The van der Waals surface area contributed by atoms with Crippen LogP contribution < -0.4 is 5.73 Å². The molecular weight excluding hydrogens is 242 g/mol. The minimum absolute atomic E-state index is 0.231. The van der Waals surface area contributed by atoms with Crippen molar-refractivity contribution < 1.29 is 4.74 Å². The molecule has 18 heavy (non-hydrogen) atoms. The summed E-state index contributed by atoms with van der Waals surface area (Å²) in [6, 6.07) is 0.411. The molecule has 2 nitrogen and oxygen atoms in total. The van der Waals surface area contributed by atoms with Gasteiger partial charge in [-0.15, -0.1) is 0 Å². The lowest BCUT2D eigenvalue weighted by Gasteiger charge is -2.44. The van der Waals surface area contributed by atoms with Crippen molar-refractivity contribution in [1.29, 1.82) is 0 Å². The maximum Gasteiger partial charge on any atom is 0.0704 e. The average Bonchev–Trinajstić information content (AvgIpc) is 2.40. The van der Waals surface area contributed by atoms with E-state index < -0.39 is 0 Å². The number of thioether (sulfide) groups is 1. The fourth-order valence-corrected chi connectivity index (χ4v) is 4.92. The predicted octanol–water partition coefficient (Wildman–Crippen LogP) is 3.12. The second-order valence-electron chi connectivity index (χ2n) is 6.15. The predicted molar refractivity (Wildman–Crippen MR) is 77.9 cm³/mol. The van der Waals surface area contributed by atoms with E-state index in [1.165, 1.54) is 50.0 Å². The lowest BCUT2D eigenvalue weighted by molar-refractivity contribution is -0.0970. The van der Waals surface area contributed by atoms with Crippen molar-refractivity contribution in [3.05, 3.63) is 11.6 Å². The molecule has 2 fully saturated rings. The summed E-state index contributed by atoms with van der Waals surface area (Å²) in [5.41, 5.74) is 7.91. The Morgan fingerprint density at radius 2 is 2.11 bits per heavy atom. The van der Waals surface area contributed by atoms with Gasteiger partial charge in [-0.2, -0.15) is 11.8 Å². The quantitative estimate of drug-likeness (QED) is 0.741. The fraction of sp³-hybridized carbons (Fsp3) is 0.867. The van der Waals surface area contributed by atoms with Crippen molar-refractivity contribution in [3.8, 4) is 0 Å². The van der Waals surface area contributed by atoms with Gasteiger partial charge in [-0.1, -0.05) is 11.6 Å². The van der Waals surface area contributed by atoms with E-state index >= 15 is 0 Å². The maximum absolute atomic E-state index is 6.18. The summed E-state index contributed by atoms with van der Waals surface area (Å²) < 4.78 is 6.18. The summed E-state index contributed by atoms with van der Waals surface area (Å²) in [7, 11) is 0. The lowest BCUT2D eigenvalue weighted by atomic mass is 9.75. The van der Waals surface area contributed by atoms with E-state index in [-0.39, 0.29) is 5.60 Å². The van der Waals surface area contributed by atoms with Crippen molar-refractivity contribution in [2.75, 3.05) is 18.1 Å². The third-order valence-electron chi connectivity index (χ3n) is 4.91. The van der Waals surface area contributed by atoms with Crippen LogP contribution in [0, 0.1) is 5.92 Å². The Bertz CT molecular complexity index is 317. The zero-order valence-corrected chi connectivity index (χ0v) is 12.0. The van der Waals surface area contributed by atoms with Crippen LogP contribution in [0.15, 0.2) is 11.6 Å². The van der Waals surface area contributed by atoms with Gasteiger partial charge in [0.25, 0.3) is 0 Å². The van der Waals surface area contributed by atoms with Crippen LogP contribution in [0.4, 0.5) is 0 Å². The van der Waals surface area contributed by atoms with Gasteiger partial charge < -0.3 is 10.5 Å². The molecule has 102 valence electrons. The Hall–Kier alpha value is 0.01000. The first kappa shape index (κ1) is 13.0. The van der Waals surface area contributed by atoms with Crippen LogP contribution in [0.25, 0.3) is 0 Å². The zero-order chi connectivity index (χ0) is 12.4. The highest BCUT2D eigenvalue weighted by Crippen LogP contribution is 2.43. The topological polar surface area (TPSA) is 35.2 Å². The second kappa shape index (κ2) is 5.56. The van der Waals surface area contributed by atoms with Gasteiger partial charge in [0.05, 0.1) is 5.60 Å². The van der Waals surface area contributed by atoms with Crippen LogP contribution in [0.1, 0.15) is 44.9 Å². The number of hydrogen-bond acceptors (Lipinski definition) is 3. The van der Waals surface area contributed by atoms with Crippen molar-refractivity contribution in [2.45, 2.75) is 56.6 Å². The first-order valence-electron chi connectivity index (χ1n) is 7.44. The van der Waals surface area contributed by atoms with Gasteiger partial charge >= 0.3 is 0 Å². The monoisotopic (exact) mass is 267 g/mol. The highest BCUT2D eigenvalue weighted by Gasteiger charge is 2.39. The van der Waals surface area contributed by atoms with E-state index in [1.807, 2.05) is 0 Å². The molecule has 3 heteroatoms. The van der Waals surface area contributed by atoms with Gasteiger partial charge in [0.15, 0.2) is 0 Å². The molecule has 1 spiro atoms. The molecule has 0 aromatic rings. The van der Waals surface area contributed by atoms with Gasteiger partial charge in [0.1, 0.15) is 0 Å². The van der Waals surface area contributed by atoms with Crippen LogP contribution in [-0.4, -0.2) is 29.8 Å². The van der Waals surface area contributed by atoms with E-state index in [4.69, 9.17) is 10.5 Å². The van der Waals surface area contributed by atoms with Gasteiger partial charge in [-0.3, -0.25) is 0 Å². The molecular formula is C15H25NOS. The number of ether oxygens (including phenoxy) is 1. The van der Waals surface area contributed by atoms with Crippen LogP contribution in [-0.2, 0) is 4.74 Å². The third-order valence-corrected chi connectivity index (χ3v) is 5.89. The maximum atomic E-state index is 6.18. The summed E-state index contributed by atoms with van der Waals surface area (Å²) in [6.07, 6.45) is 11.0. The first-order chi connectivity index (χ1) is 8.77.